The molecule has 0 aliphatic rings. The molecule has 2 aromatic carbocycles. The van der Waals surface area contributed by atoms with Gasteiger partial charge in [0.05, 0.1) is 0 Å². The van der Waals surface area contributed by atoms with Crippen LogP contribution in [0.5, 0.6) is 0 Å². The highest BCUT2D eigenvalue weighted by Crippen LogP contribution is 2.28. The zero-order valence-electron chi connectivity index (χ0n) is 26.0. The van der Waals surface area contributed by atoms with Crippen LogP contribution in [0, 0.1) is 32.1 Å². The third kappa shape index (κ3) is 9.97. The largest absolute Gasteiger partial charge is 0.444 e. The number of unbranched alkanes of at least 4 members (excludes halogenated alkanes) is 3. The summed E-state index contributed by atoms with van der Waals surface area (Å²) >= 11 is 0. The number of carbonyl (C=O) groups excluding carboxylic acids is 3. The quantitative estimate of drug-likeness (QED) is 0.217. The summed E-state index contributed by atoms with van der Waals surface area (Å²) in [6.07, 6.45) is 8.59. The van der Waals surface area contributed by atoms with E-state index in [2.05, 4.69) is 23.5 Å². The lowest BCUT2D eigenvalue weighted by Gasteiger charge is -2.36. The molecular weight excluding hydrogens is 514 g/mol. The monoisotopic (exact) mass is 561 g/mol. The van der Waals surface area contributed by atoms with Crippen molar-refractivity contribution in [3.8, 4) is 12.3 Å². The van der Waals surface area contributed by atoms with Crippen molar-refractivity contribution in [3.63, 3.8) is 0 Å². The van der Waals surface area contributed by atoms with E-state index in [0.717, 1.165) is 30.4 Å². The molecule has 2 atom stereocenters. The van der Waals surface area contributed by atoms with Gasteiger partial charge in [-0.25, -0.2) is 4.79 Å². The molecule has 41 heavy (non-hydrogen) atoms. The van der Waals surface area contributed by atoms with Gasteiger partial charge in [0.15, 0.2) is 0 Å². The summed E-state index contributed by atoms with van der Waals surface area (Å²) in [5.74, 6) is 1.68. The van der Waals surface area contributed by atoms with E-state index in [1.165, 1.54) is 0 Å². The van der Waals surface area contributed by atoms with Gasteiger partial charge in [-0.05, 0) is 75.8 Å². The number of hydrogen-bond donors (Lipinski definition) is 2. The van der Waals surface area contributed by atoms with Crippen LogP contribution >= 0.6 is 0 Å². The lowest BCUT2D eigenvalue weighted by Crippen LogP contribution is -2.54. The molecule has 0 bridgehead atoms. The number of rotatable bonds is 12. The Morgan fingerprint density at radius 1 is 0.976 bits per heavy atom. The summed E-state index contributed by atoms with van der Waals surface area (Å²) in [6.45, 7) is 15.4. The number of amides is 3. The molecule has 0 heterocycles. The number of carbonyl (C=O) groups is 3. The number of alkyl carbamates (subject to hydrolysis) is 1. The van der Waals surface area contributed by atoms with Crippen LogP contribution < -0.4 is 10.6 Å². The van der Waals surface area contributed by atoms with Crippen molar-refractivity contribution in [2.75, 3.05) is 11.9 Å². The lowest BCUT2D eigenvalue weighted by atomic mass is 9.97. The Hall–Kier alpha value is -3.79. The Kier molecular flexibility index (Phi) is 12.5. The Morgan fingerprint density at radius 3 is 2.10 bits per heavy atom. The van der Waals surface area contributed by atoms with Gasteiger partial charge in [-0.2, -0.15) is 0 Å². The summed E-state index contributed by atoms with van der Waals surface area (Å²) in [6, 6.07) is 11.1. The van der Waals surface area contributed by atoms with E-state index in [-0.39, 0.29) is 17.7 Å². The molecule has 7 heteroatoms. The minimum Gasteiger partial charge on any atom is -0.444 e. The minimum absolute atomic E-state index is 0.251. The first-order valence-corrected chi connectivity index (χ1v) is 14.5. The zero-order chi connectivity index (χ0) is 30.7. The fourth-order valence-corrected chi connectivity index (χ4v) is 4.64. The van der Waals surface area contributed by atoms with Crippen LogP contribution in [0.4, 0.5) is 10.5 Å². The average molecular weight is 562 g/mol. The molecular formula is C34H47N3O4. The maximum absolute atomic E-state index is 14.3. The molecule has 2 N–H and O–H groups in total. The first kappa shape index (κ1) is 33.4. The molecule has 0 aliphatic heterocycles. The van der Waals surface area contributed by atoms with Gasteiger partial charge < -0.3 is 20.3 Å². The predicted octanol–water partition coefficient (Wildman–Crippen LogP) is 6.92. The van der Waals surface area contributed by atoms with E-state index in [1.54, 1.807) is 49.9 Å². The summed E-state index contributed by atoms with van der Waals surface area (Å²) < 4.78 is 5.47. The maximum Gasteiger partial charge on any atom is 0.408 e. The molecule has 222 valence electrons. The molecule has 0 saturated heterocycles. The van der Waals surface area contributed by atoms with E-state index >= 15 is 0 Å². The molecule has 0 aromatic heterocycles. The van der Waals surface area contributed by atoms with Crippen molar-refractivity contribution in [2.24, 2.45) is 5.92 Å². The van der Waals surface area contributed by atoms with Crippen LogP contribution in [0.3, 0.4) is 0 Å². The lowest BCUT2D eigenvalue weighted by molar-refractivity contribution is -0.141. The third-order valence-electron chi connectivity index (χ3n) is 6.82. The normalized spacial score (nSPS) is 12.7. The number of ether oxygens (including phenoxy) is 1. The second-order valence-electron chi connectivity index (χ2n) is 11.9. The first-order valence-electron chi connectivity index (χ1n) is 14.5. The maximum atomic E-state index is 14.3. The third-order valence-corrected chi connectivity index (χ3v) is 6.82. The number of terminal acetylenes is 1. The number of hydrogen-bond acceptors (Lipinski definition) is 4. The van der Waals surface area contributed by atoms with Gasteiger partial charge in [0.25, 0.3) is 5.91 Å². The Labute approximate surface area is 246 Å². The Morgan fingerprint density at radius 2 is 1.59 bits per heavy atom. The minimum atomic E-state index is -0.948. The second kappa shape index (κ2) is 15.3. The van der Waals surface area contributed by atoms with Crippen LogP contribution in [0.15, 0.2) is 42.5 Å². The van der Waals surface area contributed by atoms with E-state index in [9.17, 15) is 14.4 Å². The van der Waals surface area contributed by atoms with E-state index in [4.69, 9.17) is 11.2 Å². The molecule has 7 nitrogen and oxygen atoms in total. The molecule has 3 amide bonds. The zero-order valence-corrected chi connectivity index (χ0v) is 26.0. The number of para-hydroxylation sites is 1. The van der Waals surface area contributed by atoms with Crippen LogP contribution in [-0.2, 0) is 14.3 Å². The van der Waals surface area contributed by atoms with E-state index in [0.29, 0.717) is 29.8 Å². The molecule has 2 aromatic rings. The first-order chi connectivity index (χ1) is 19.3. The van der Waals surface area contributed by atoms with Crippen LogP contribution in [-0.4, -0.2) is 41.0 Å². The SMILES string of the molecule is C#Cc1ccc(C(C(=O)Nc2c(C)cccc2C)N(CCCCCC)C(=O)C(NC(=O)OC(C)(C)C)C(C)C)cc1. The van der Waals surface area contributed by atoms with Crippen molar-refractivity contribution in [1.82, 2.24) is 10.2 Å². The van der Waals surface area contributed by atoms with Gasteiger partial charge in [0, 0.05) is 17.8 Å². The highest BCUT2D eigenvalue weighted by Gasteiger charge is 2.37. The van der Waals surface area contributed by atoms with Crippen molar-refractivity contribution in [2.45, 2.75) is 98.8 Å². The molecule has 0 radical (unpaired) electrons. The molecule has 0 aliphatic carbocycles. The fraction of sp³-hybridized carbons (Fsp3) is 0.500. The van der Waals surface area contributed by atoms with Crippen LogP contribution in [0.25, 0.3) is 0 Å². The van der Waals surface area contributed by atoms with Crippen LogP contribution in [0.2, 0.25) is 0 Å². The van der Waals surface area contributed by atoms with Crippen molar-refractivity contribution in [1.29, 1.82) is 0 Å². The second-order valence-corrected chi connectivity index (χ2v) is 11.9. The summed E-state index contributed by atoms with van der Waals surface area (Å²) in [4.78, 5) is 42.8. The van der Waals surface area contributed by atoms with Gasteiger partial charge in [-0.3, -0.25) is 9.59 Å². The number of nitrogens with zero attached hydrogens (tertiary/aromatic N) is 1. The van der Waals surface area contributed by atoms with E-state index in [1.807, 2.05) is 45.9 Å². The van der Waals surface area contributed by atoms with Crippen molar-refractivity contribution < 1.29 is 19.1 Å². The summed E-state index contributed by atoms with van der Waals surface area (Å²) in [7, 11) is 0. The smallest absolute Gasteiger partial charge is 0.408 e. The summed E-state index contributed by atoms with van der Waals surface area (Å²) in [5, 5.41) is 5.87. The topological polar surface area (TPSA) is 87.7 Å². The highest BCUT2D eigenvalue weighted by molar-refractivity contribution is 6.00. The molecule has 0 spiro atoms. The van der Waals surface area contributed by atoms with Crippen LogP contribution in [0.1, 0.15) is 95.5 Å². The van der Waals surface area contributed by atoms with Gasteiger partial charge in [-0.1, -0.05) is 76.3 Å². The highest BCUT2D eigenvalue weighted by atomic mass is 16.6. The average Bonchev–Trinajstić information content (AvgIpc) is 2.90. The molecule has 2 unspecified atom stereocenters. The van der Waals surface area contributed by atoms with Gasteiger partial charge in [0.1, 0.15) is 17.7 Å². The molecule has 0 fully saturated rings. The number of aryl methyl sites for hydroxylation is 2. The number of nitrogens with one attached hydrogen (secondary N) is 2. The predicted molar refractivity (Wildman–Crippen MR) is 166 cm³/mol. The van der Waals surface area contributed by atoms with Crippen molar-refractivity contribution in [3.05, 3.63) is 64.7 Å². The molecule has 0 saturated carbocycles. The Balaban J connectivity index is 2.59. The molecule has 2 rings (SSSR count). The number of anilines is 1. The fourth-order valence-electron chi connectivity index (χ4n) is 4.64. The summed E-state index contributed by atoms with van der Waals surface area (Å²) in [5.41, 5.74) is 3.15. The van der Waals surface area contributed by atoms with Crippen molar-refractivity contribution >= 4 is 23.6 Å². The Bertz CT molecular complexity index is 1200. The van der Waals surface area contributed by atoms with Gasteiger partial charge in [0.2, 0.25) is 5.91 Å². The number of benzene rings is 2. The standard InChI is InChI=1S/C34H47N3O4/c1-10-12-13-14-22-37(32(39)28(23(3)4)36-33(40)41-34(7,8)9)30(27-20-18-26(11-2)19-21-27)31(38)35-29-24(5)16-15-17-25(29)6/h2,15-21,23,28,30H,10,12-14,22H2,1,3-9H3,(H,35,38)(H,36,40). The van der Waals surface area contributed by atoms with E-state index < -0.39 is 23.8 Å². The van der Waals surface area contributed by atoms with Gasteiger partial charge >= 0.3 is 6.09 Å². The van der Waals surface area contributed by atoms with Gasteiger partial charge in [-0.15, -0.1) is 6.42 Å².